The van der Waals surface area contributed by atoms with Crippen molar-refractivity contribution in [1.29, 1.82) is 0 Å². The summed E-state index contributed by atoms with van der Waals surface area (Å²) in [5, 5.41) is 0. The van der Waals surface area contributed by atoms with Gasteiger partial charge in [-0.05, 0) is 74.2 Å². The minimum Gasteiger partial charge on any atom is -0.0654 e. The second kappa shape index (κ2) is 12.9. The van der Waals surface area contributed by atoms with E-state index in [9.17, 15) is 0 Å². The van der Waals surface area contributed by atoms with Crippen molar-refractivity contribution in [2.75, 3.05) is 0 Å². The zero-order valence-corrected chi connectivity index (χ0v) is 20.2. The molecular weight excluding hydrogens is 360 g/mol. The van der Waals surface area contributed by atoms with Crippen molar-refractivity contribution < 1.29 is 0 Å². The van der Waals surface area contributed by atoms with Gasteiger partial charge in [-0.25, -0.2) is 0 Å². The predicted octanol–water partition coefficient (Wildman–Crippen LogP) is 10.1. The summed E-state index contributed by atoms with van der Waals surface area (Å²) in [5.41, 5.74) is 2.95. The molecule has 2 aliphatic rings. The summed E-state index contributed by atoms with van der Waals surface area (Å²) in [6, 6.07) is 11.3. The Labute approximate surface area is 188 Å². The fraction of sp³-hybridized carbons (Fsp3) is 0.800. The van der Waals surface area contributed by atoms with E-state index < -0.39 is 0 Å². The van der Waals surface area contributed by atoms with Crippen LogP contribution in [-0.2, 0) is 6.42 Å². The molecule has 170 valence electrons. The fourth-order valence-corrected chi connectivity index (χ4v) is 6.83. The molecule has 3 rings (SSSR count). The fourth-order valence-electron chi connectivity index (χ4n) is 6.83. The first-order valence-electron chi connectivity index (χ1n) is 13.8. The van der Waals surface area contributed by atoms with Crippen LogP contribution in [0.3, 0.4) is 0 Å². The summed E-state index contributed by atoms with van der Waals surface area (Å²) in [7, 11) is 0. The molecule has 2 aliphatic carbocycles. The minimum absolute atomic E-state index is 0.662. The van der Waals surface area contributed by atoms with Gasteiger partial charge in [0.15, 0.2) is 0 Å². The molecule has 0 heterocycles. The third-order valence-electron chi connectivity index (χ3n) is 8.84. The first-order valence-corrected chi connectivity index (χ1v) is 13.8. The Balaban J connectivity index is 1.47. The highest BCUT2D eigenvalue weighted by Gasteiger charge is 2.33. The van der Waals surface area contributed by atoms with Crippen molar-refractivity contribution in [3.8, 4) is 0 Å². The Morgan fingerprint density at radius 2 is 1.07 bits per heavy atom. The van der Waals surface area contributed by atoms with Gasteiger partial charge < -0.3 is 0 Å². The summed E-state index contributed by atoms with van der Waals surface area (Å²) in [5.74, 6) is 0. The molecule has 0 nitrogen and oxygen atoms in total. The Bertz CT molecular complexity index is 545. The van der Waals surface area contributed by atoms with Gasteiger partial charge in [0.25, 0.3) is 0 Å². The van der Waals surface area contributed by atoms with Gasteiger partial charge in [0.05, 0.1) is 0 Å². The van der Waals surface area contributed by atoms with E-state index in [1.54, 1.807) is 5.56 Å². The number of hydrogen-bond donors (Lipinski definition) is 0. The van der Waals surface area contributed by atoms with Crippen LogP contribution in [0.25, 0.3) is 0 Å². The lowest BCUT2D eigenvalue weighted by atomic mass is 9.66. The van der Waals surface area contributed by atoms with E-state index in [0.29, 0.717) is 5.41 Å². The van der Waals surface area contributed by atoms with Gasteiger partial charge in [-0.15, -0.1) is 0 Å². The van der Waals surface area contributed by atoms with E-state index in [1.165, 1.54) is 135 Å². The van der Waals surface area contributed by atoms with Crippen molar-refractivity contribution >= 4 is 0 Å². The molecule has 0 aromatic heterocycles. The van der Waals surface area contributed by atoms with Crippen LogP contribution in [-0.4, -0.2) is 0 Å². The maximum atomic E-state index is 2.34. The standard InChI is InChI=1S/C30H50/c1-2-3-4-10-20-29(21-11-6-12-22-29)25-15-16-26-30(23-13-7-14-24-30)27-19-28-17-8-5-9-18-28/h5,8-9,17-18H,2-4,6-7,10-16,19-27H2,1H3. The average molecular weight is 411 g/mol. The highest BCUT2D eigenvalue weighted by Crippen LogP contribution is 2.47. The van der Waals surface area contributed by atoms with Crippen molar-refractivity contribution in [2.45, 2.75) is 142 Å². The molecule has 0 radical (unpaired) electrons. The van der Waals surface area contributed by atoms with E-state index in [4.69, 9.17) is 0 Å². The maximum Gasteiger partial charge on any atom is -0.0274 e. The smallest absolute Gasteiger partial charge is 0.0274 e. The van der Waals surface area contributed by atoms with Crippen molar-refractivity contribution in [3.05, 3.63) is 35.9 Å². The maximum absolute atomic E-state index is 2.34. The number of benzene rings is 1. The Hall–Kier alpha value is -0.780. The highest BCUT2D eigenvalue weighted by molar-refractivity contribution is 5.15. The molecule has 0 saturated heterocycles. The Morgan fingerprint density at radius 1 is 0.567 bits per heavy atom. The van der Waals surface area contributed by atoms with E-state index in [0.717, 1.165) is 5.41 Å². The first-order chi connectivity index (χ1) is 14.8. The van der Waals surface area contributed by atoms with Gasteiger partial charge in [-0.1, -0.05) is 114 Å². The number of aryl methyl sites for hydroxylation is 1. The van der Waals surface area contributed by atoms with Gasteiger partial charge in [0, 0.05) is 0 Å². The lowest BCUT2D eigenvalue weighted by molar-refractivity contribution is 0.128. The minimum atomic E-state index is 0.662. The third kappa shape index (κ3) is 7.72. The van der Waals surface area contributed by atoms with Crippen LogP contribution in [0, 0.1) is 10.8 Å². The second-order valence-corrected chi connectivity index (χ2v) is 11.1. The van der Waals surface area contributed by atoms with E-state index in [1.807, 2.05) is 0 Å². The zero-order valence-electron chi connectivity index (χ0n) is 20.2. The van der Waals surface area contributed by atoms with Gasteiger partial charge in [0.2, 0.25) is 0 Å². The Kier molecular flexibility index (Phi) is 10.3. The Morgan fingerprint density at radius 3 is 1.60 bits per heavy atom. The third-order valence-corrected chi connectivity index (χ3v) is 8.84. The highest BCUT2D eigenvalue weighted by atomic mass is 14.4. The summed E-state index contributed by atoms with van der Waals surface area (Å²) < 4.78 is 0. The van der Waals surface area contributed by atoms with Crippen LogP contribution >= 0.6 is 0 Å². The molecule has 1 aromatic rings. The molecule has 0 atom stereocenters. The zero-order chi connectivity index (χ0) is 21.0. The summed E-state index contributed by atoms with van der Waals surface area (Å²) >= 11 is 0. The molecule has 2 fully saturated rings. The van der Waals surface area contributed by atoms with Gasteiger partial charge >= 0.3 is 0 Å². The molecule has 0 unspecified atom stereocenters. The summed E-state index contributed by atoms with van der Waals surface area (Å²) in [4.78, 5) is 0. The molecule has 0 aliphatic heterocycles. The molecule has 1 aromatic carbocycles. The molecular formula is C30H50. The van der Waals surface area contributed by atoms with Crippen LogP contribution in [0.4, 0.5) is 0 Å². The lowest BCUT2D eigenvalue weighted by Gasteiger charge is -2.40. The van der Waals surface area contributed by atoms with Crippen LogP contribution in [0.15, 0.2) is 30.3 Å². The molecule has 0 bridgehead atoms. The topological polar surface area (TPSA) is 0 Å². The van der Waals surface area contributed by atoms with Crippen LogP contribution in [0.1, 0.15) is 141 Å². The molecule has 0 N–H and O–H groups in total. The molecule has 0 heteroatoms. The molecule has 0 amide bonds. The largest absolute Gasteiger partial charge is 0.0654 e. The normalized spacial score (nSPS) is 20.8. The predicted molar refractivity (Wildman–Crippen MR) is 133 cm³/mol. The summed E-state index contributed by atoms with van der Waals surface area (Å²) in [6.07, 6.45) is 31.1. The quantitative estimate of drug-likeness (QED) is 0.284. The van der Waals surface area contributed by atoms with E-state index in [2.05, 4.69) is 37.3 Å². The lowest BCUT2D eigenvalue weighted by Crippen LogP contribution is -2.26. The summed E-state index contributed by atoms with van der Waals surface area (Å²) in [6.45, 7) is 2.34. The molecule has 30 heavy (non-hydrogen) atoms. The van der Waals surface area contributed by atoms with Crippen molar-refractivity contribution in [1.82, 2.24) is 0 Å². The number of rotatable bonds is 13. The van der Waals surface area contributed by atoms with Gasteiger partial charge in [-0.2, -0.15) is 0 Å². The van der Waals surface area contributed by atoms with Crippen LogP contribution < -0.4 is 0 Å². The first kappa shape index (κ1) is 23.9. The monoisotopic (exact) mass is 410 g/mol. The van der Waals surface area contributed by atoms with Gasteiger partial charge in [0.1, 0.15) is 0 Å². The van der Waals surface area contributed by atoms with E-state index in [-0.39, 0.29) is 0 Å². The SMILES string of the molecule is CCCCCCC1(CCCCC2(CCc3ccccc3)CCCCC2)CCCCC1. The number of unbranched alkanes of at least 4 members (excludes halogenated alkanes) is 4. The van der Waals surface area contributed by atoms with Crippen molar-refractivity contribution in [3.63, 3.8) is 0 Å². The van der Waals surface area contributed by atoms with E-state index >= 15 is 0 Å². The molecule has 0 spiro atoms. The van der Waals surface area contributed by atoms with Gasteiger partial charge in [-0.3, -0.25) is 0 Å². The van der Waals surface area contributed by atoms with Crippen LogP contribution in [0.5, 0.6) is 0 Å². The molecule has 2 saturated carbocycles. The van der Waals surface area contributed by atoms with Crippen LogP contribution in [0.2, 0.25) is 0 Å². The average Bonchev–Trinajstić information content (AvgIpc) is 2.81. The number of hydrogen-bond acceptors (Lipinski definition) is 0. The van der Waals surface area contributed by atoms with Crippen molar-refractivity contribution in [2.24, 2.45) is 10.8 Å². The second-order valence-electron chi connectivity index (χ2n) is 11.1.